The standard InChI is InChI=1S/C11H20O2/c1-5-7-8-10(6-2)11(12)13-9(3)4/h8-9H,5-7H2,1-4H3. The average Bonchev–Trinajstić information content (AvgIpc) is 2.04. The third-order valence-electron chi connectivity index (χ3n) is 1.67. The van der Waals surface area contributed by atoms with Gasteiger partial charge in [-0.25, -0.2) is 4.79 Å². The van der Waals surface area contributed by atoms with Crippen LogP contribution in [0.15, 0.2) is 11.6 Å². The summed E-state index contributed by atoms with van der Waals surface area (Å²) in [6.45, 7) is 7.80. The zero-order chi connectivity index (χ0) is 10.3. The topological polar surface area (TPSA) is 26.3 Å². The van der Waals surface area contributed by atoms with E-state index in [2.05, 4.69) is 6.92 Å². The van der Waals surface area contributed by atoms with E-state index in [1.165, 1.54) is 0 Å². The van der Waals surface area contributed by atoms with Crippen molar-refractivity contribution in [2.45, 2.75) is 53.1 Å². The van der Waals surface area contributed by atoms with Gasteiger partial charge in [0.1, 0.15) is 0 Å². The lowest BCUT2D eigenvalue weighted by atomic mass is 10.1. The van der Waals surface area contributed by atoms with E-state index in [4.69, 9.17) is 4.74 Å². The molecule has 0 aliphatic carbocycles. The first kappa shape index (κ1) is 12.2. The third kappa shape index (κ3) is 5.45. The second kappa shape index (κ2) is 6.70. The molecule has 0 amide bonds. The summed E-state index contributed by atoms with van der Waals surface area (Å²) in [7, 11) is 0. The van der Waals surface area contributed by atoms with Gasteiger partial charge >= 0.3 is 5.97 Å². The van der Waals surface area contributed by atoms with Crippen molar-refractivity contribution in [1.82, 2.24) is 0 Å². The molecule has 0 aromatic heterocycles. The zero-order valence-electron chi connectivity index (χ0n) is 9.09. The molecule has 0 atom stereocenters. The van der Waals surface area contributed by atoms with Gasteiger partial charge in [0.25, 0.3) is 0 Å². The minimum absolute atomic E-state index is 0.0240. The van der Waals surface area contributed by atoms with Crippen molar-refractivity contribution in [3.63, 3.8) is 0 Å². The fraction of sp³-hybridized carbons (Fsp3) is 0.727. The summed E-state index contributed by atoms with van der Waals surface area (Å²) in [6, 6.07) is 0. The molecule has 0 rings (SSSR count). The molecule has 0 fully saturated rings. The Morgan fingerprint density at radius 3 is 2.38 bits per heavy atom. The van der Waals surface area contributed by atoms with Gasteiger partial charge in [-0.1, -0.05) is 26.3 Å². The third-order valence-corrected chi connectivity index (χ3v) is 1.67. The summed E-state index contributed by atoms with van der Waals surface area (Å²) in [4.78, 5) is 11.4. The number of unbranched alkanes of at least 4 members (excludes halogenated alkanes) is 1. The Labute approximate surface area is 81.0 Å². The van der Waals surface area contributed by atoms with Gasteiger partial charge in [-0.3, -0.25) is 0 Å². The van der Waals surface area contributed by atoms with E-state index >= 15 is 0 Å². The molecule has 0 aliphatic rings. The first-order valence-corrected chi connectivity index (χ1v) is 5.01. The summed E-state index contributed by atoms with van der Waals surface area (Å²) in [5.74, 6) is -0.161. The molecule has 0 aromatic rings. The first-order valence-electron chi connectivity index (χ1n) is 5.01. The van der Waals surface area contributed by atoms with Crippen molar-refractivity contribution in [1.29, 1.82) is 0 Å². The zero-order valence-corrected chi connectivity index (χ0v) is 9.09. The molecule has 0 bridgehead atoms. The molecule has 0 aromatic carbocycles. The molecule has 0 spiro atoms. The Morgan fingerprint density at radius 2 is 2.00 bits per heavy atom. The van der Waals surface area contributed by atoms with Crippen LogP contribution in [-0.4, -0.2) is 12.1 Å². The van der Waals surface area contributed by atoms with E-state index in [0.29, 0.717) is 0 Å². The highest BCUT2D eigenvalue weighted by Crippen LogP contribution is 2.07. The van der Waals surface area contributed by atoms with Crippen molar-refractivity contribution >= 4 is 5.97 Å². The Morgan fingerprint density at radius 1 is 1.38 bits per heavy atom. The van der Waals surface area contributed by atoms with Gasteiger partial charge in [-0.15, -0.1) is 0 Å². The highest BCUT2D eigenvalue weighted by molar-refractivity contribution is 5.88. The maximum Gasteiger partial charge on any atom is 0.333 e. The van der Waals surface area contributed by atoms with E-state index in [9.17, 15) is 4.79 Å². The predicted octanol–water partition coefficient (Wildman–Crippen LogP) is 3.07. The van der Waals surface area contributed by atoms with E-state index < -0.39 is 0 Å². The van der Waals surface area contributed by atoms with Gasteiger partial charge in [0.2, 0.25) is 0 Å². The highest BCUT2D eigenvalue weighted by atomic mass is 16.5. The monoisotopic (exact) mass is 184 g/mol. The normalized spacial score (nSPS) is 11.9. The van der Waals surface area contributed by atoms with Crippen LogP contribution in [0.2, 0.25) is 0 Å². The Bertz CT molecular complexity index is 181. The van der Waals surface area contributed by atoms with Crippen LogP contribution in [0, 0.1) is 0 Å². The van der Waals surface area contributed by atoms with Gasteiger partial charge < -0.3 is 4.74 Å². The van der Waals surface area contributed by atoms with E-state index in [-0.39, 0.29) is 12.1 Å². The molecule has 2 heteroatoms. The lowest BCUT2D eigenvalue weighted by Gasteiger charge is -2.09. The maximum atomic E-state index is 11.4. The molecule has 13 heavy (non-hydrogen) atoms. The van der Waals surface area contributed by atoms with E-state index in [1.54, 1.807) is 0 Å². The van der Waals surface area contributed by atoms with Crippen molar-refractivity contribution in [3.8, 4) is 0 Å². The van der Waals surface area contributed by atoms with Gasteiger partial charge in [0, 0.05) is 5.57 Å². The average molecular weight is 184 g/mol. The Hall–Kier alpha value is -0.790. The van der Waals surface area contributed by atoms with Crippen LogP contribution in [0.4, 0.5) is 0 Å². The summed E-state index contributed by atoms with van der Waals surface area (Å²) in [5.41, 5.74) is 0.801. The van der Waals surface area contributed by atoms with Crippen molar-refractivity contribution in [2.75, 3.05) is 0 Å². The Balaban J connectivity index is 4.14. The number of rotatable bonds is 5. The highest BCUT2D eigenvalue weighted by Gasteiger charge is 2.09. The second-order valence-corrected chi connectivity index (χ2v) is 3.33. The summed E-state index contributed by atoms with van der Waals surface area (Å²) in [6.07, 6.45) is 4.73. The van der Waals surface area contributed by atoms with Crippen LogP contribution >= 0.6 is 0 Å². The molecule has 0 unspecified atom stereocenters. The van der Waals surface area contributed by atoms with Gasteiger partial charge in [-0.2, -0.15) is 0 Å². The van der Waals surface area contributed by atoms with Crippen molar-refractivity contribution in [3.05, 3.63) is 11.6 Å². The molecule has 0 heterocycles. The minimum Gasteiger partial charge on any atom is -0.460 e. The fourth-order valence-electron chi connectivity index (χ4n) is 0.980. The molecule has 0 N–H and O–H groups in total. The summed E-state index contributed by atoms with van der Waals surface area (Å²) >= 11 is 0. The molecule has 0 saturated heterocycles. The number of carbonyl (C=O) groups is 1. The van der Waals surface area contributed by atoms with E-state index in [0.717, 1.165) is 24.8 Å². The fourth-order valence-corrected chi connectivity index (χ4v) is 0.980. The number of hydrogen-bond donors (Lipinski definition) is 0. The minimum atomic E-state index is -0.161. The van der Waals surface area contributed by atoms with Gasteiger partial charge in [0.05, 0.1) is 6.10 Å². The maximum absolute atomic E-state index is 11.4. The van der Waals surface area contributed by atoms with Crippen LogP contribution in [0.5, 0.6) is 0 Å². The molecule has 0 saturated carbocycles. The lowest BCUT2D eigenvalue weighted by Crippen LogP contribution is -2.13. The summed E-state index contributed by atoms with van der Waals surface area (Å²) in [5, 5.41) is 0. The number of esters is 1. The number of ether oxygens (including phenoxy) is 1. The first-order chi connectivity index (χ1) is 6.11. The second-order valence-electron chi connectivity index (χ2n) is 3.33. The van der Waals surface area contributed by atoms with Crippen LogP contribution in [0.3, 0.4) is 0 Å². The van der Waals surface area contributed by atoms with Gasteiger partial charge in [-0.05, 0) is 26.7 Å². The number of hydrogen-bond acceptors (Lipinski definition) is 2. The molecule has 0 radical (unpaired) electrons. The Kier molecular flexibility index (Phi) is 6.29. The predicted molar refractivity (Wildman–Crippen MR) is 54.5 cm³/mol. The van der Waals surface area contributed by atoms with Crippen LogP contribution in [0.25, 0.3) is 0 Å². The van der Waals surface area contributed by atoms with Crippen molar-refractivity contribution in [2.24, 2.45) is 0 Å². The largest absolute Gasteiger partial charge is 0.460 e. The smallest absolute Gasteiger partial charge is 0.333 e. The van der Waals surface area contributed by atoms with Crippen molar-refractivity contribution < 1.29 is 9.53 Å². The van der Waals surface area contributed by atoms with Crippen LogP contribution < -0.4 is 0 Å². The van der Waals surface area contributed by atoms with Crippen LogP contribution in [-0.2, 0) is 9.53 Å². The quantitative estimate of drug-likeness (QED) is 0.485. The molecule has 0 aliphatic heterocycles. The molecule has 2 nitrogen and oxygen atoms in total. The lowest BCUT2D eigenvalue weighted by molar-refractivity contribution is -0.142. The molecular formula is C11H20O2. The van der Waals surface area contributed by atoms with E-state index in [1.807, 2.05) is 26.8 Å². The number of allylic oxidation sites excluding steroid dienone is 1. The summed E-state index contributed by atoms with van der Waals surface area (Å²) < 4.78 is 5.09. The number of carbonyl (C=O) groups excluding carboxylic acids is 1. The SMILES string of the molecule is CCCC=C(CC)C(=O)OC(C)C. The van der Waals surface area contributed by atoms with Crippen LogP contribution in [0.1, 0.15) is 47.0 Å². The molecule has 76 valence electrons. The van der Waals surface area contributed by atoms with Gasteiger partial charge in [0.15, 0.2) is 0 Å². The molecular weight excluding hydrogens is 164 g/mol.